The molecule has 0 amide bonds. The number of aromatic nitrogens is 1. The summed E-state index contributed by atoms with van der Waals surface area (Å²) >= 11 is 5.94. The second-order valence-corrected chi connectivity index (χ2v) is 4.89. The summed E-state index contributed by atoms with van der Waals surface area (Å²) in [4.78, 5) is 6.13. The number of nitrogens with zero attached hydrogens (tertiary/aromatic N) is 2. The molecule has 0 atom stereocenters. The van der Waals surface area contributed by atoms with Crippen molar-refractivity contribution in [2.45, 2.75) is 13.0 Å². The van der Waals surface area contributed by atoms with Gasteiger partial charge in [0.05, 0.1) is 6.61 Å². The van der Waals surface area contributed by atoms with Gasteiger partial charge in [0.15, 0.2) is 0 Å². The van der Waals surface area contributed by atoms with Gasteiger partial charge in [0.2, 0.25) is 0 Å². The van der Waals surface area contributed by atoms with Crippen molar-refractivity contribution in [3.8, 4) is 0 Å². The lowest BCUT2D eigenvalue weighted by atomic mass is 10.1. The Labute approximate surface area is 118 Å². The van der Waals surface area contributed by atoms with E-state index < -0.39 is 0 Å². The zero-order valence-corrected chi connectivity index (χ0v) is 11.6. The van der Waals surface area contributed by atoms with Crippen LogP contribution in [0.4, 0.5) is 5.69 Å². The molecule has 3 nitrogen and oxygen atoms in total. The molecule has 0 spiro atoms. The quantitative estimate of drug-likeness (QED) is 0.912. The van der Waals surface area contributed by atoms with Gasteiger partial charge >= 0.3 is 0 Å². The second kappa shape index (κ2) is 6.55. The number of aliphatic hydroxyl groups excluding tert-OH is 1. The maximum absolute atomic E-state index is 9.38. The fourth-order valence-corrected chi connectivity index (χ4v) is 2.21. The van der Waals surface area contributed by atoms with Crippen molar-refractivity contribution in [2.75, 3.05) is 18.5 Å². The van der Waals surface area contributed by atoms with Crippen LogP contribution in [-0.2, 0) is 13.0 Å². The largest absolute Gasteiger partial charge is 0.392 e. The smallest absolute Gasteiger partial charge is 0.0702 e. The first-order valence-electron chi connectivity index (χ1n) is 6.20. The summed E-state index contributed by atoms with van der Waals surface area (Å²) in [5.41, 5.74) is 3.12. The Balaban J connectivity index is 2.05. The van der Waals surface area contributed by atoms with Gasteiger partial charge < -0.3 is 10.0 Å². The van der Waals surface area contributed by atoms with E-state index in [0.29, 0.717) is 5.02 Å². The number of hydrogen-bond donors (Lipinski definition) is 1. The topological polar surface area (TPSA) is 36.4 Å². The minimum absolute atomic E-state index is 0.00447. The lowest BCUT2D eigenvalue weighted by Gasteiger charge is -2.22. The fraction of sp³-hybridized carbons (Fsp3) is 0.267. The van der Waals surface area contributed by atoms with Crippen molar-refractivity contribution in [3.63, 3.8) is 0 Å². The summed E-state index contributed by atoms with van der Waals surface area (Å²) in [6, 6.07) is 9.63. The van der Waals surface area contributed by atoms with Crippen molar-refractivity contribution in [1.29, 1.82) is 0 Å². The third kappa shape index (κ3) is 3.69. The van der Waals surface area contributed by atoms with Crippen molar-refractivity contribution < 1.29 is 5.11 Å². The van der Waals surface area contributed by atoms with Gasteiger partial charge in [-0.05, 0) is 42.3 Å². The number of rotatable bonds is 5. The van der Waals surface area contributed by atoms with Crippen LogP contribution in [0.5, 0.6) is 0 Å². The Hall–Kier alpha value is -1.58. The predicted octanol–water partition coefficient (Wildman–Crippen LogP) is 2.91. The molecule has 1 aromatic carbocycles. The molecule has 0 aliphatic heterocycles. The Morgan fingerprint density at radius 3 is 2.63 bits per heavy atom. The van der Waals surface area contributed by atoms with Gasteiger partial charge in [0.25, 0.3) is 0 Å². The molecule has 0 aliphatic carbocycles. The Bertz CT molecular complexity index is 531. The normalized spacial score (nSPS) is 10.5. The Morgan fingerprint density at radius 2 is 1.95 bits per heavy atom. The first kappa shape index (κ1) is 13.8. The summed E-state index contributed by atoms with van der Waals surface area (Å²) in [5, 5.41) is 10.0. The van der Waals surface area contributed by atoms with E-state index in [9.17, 15) is 5.11 Å². The average Bonchev–Trinajstić information content (AvgIpc) is 2.45. The molecule has 0 radical (unpaired) electrons. The first-order valence-corrected chi connectivity index (χ1v) is 6.58. The van der Waals surface area contributed by atoms with Gasteiger partial charge in [-0.15, -0.1) is 0 Å². The fourth-order valence-electron chi connectivity index (χ4n) is 2.02. The molecule has 1 heterocycles. The van der Waals surface area contributed by atoms with Crippen LogP contribution in [0.3, 0.4) is 0 Å². The van der Waals surface area contributed by atoms with Gasteiger partial charge in [0, 0.05) is 42.3 Å². The SMILES string of the molecule is CN(CCc1ccncc1)c1ccc(Cl)cc1CO. The van der Waals surface area contributed by atoms with E-state index in [0.717, 1.165) is 24.2 Å². The minimum Gasteiger partial charge on any atom is -0.392 e. The highest BCUT2D eigenvalue weighted by Crippen LogP contribution is 2.23. The molecule has 2 aromatic rings. The maximum Gasteiger partial charge on any atom is 0.0702 e. The predicted molar refractivity (Wildman–Crippen MR) is 78.6 cm³/mol. The van der Waals surface area contributed by atoms with Gasteiger partial charge in [-0.2, -0.15) is 0 Å². The van der Waals surface area contributed by atoms with E-state index in [-0.39, 0.29) is 6.61 Å². The van der Waals surface area contributed by atoms with E-state index in [1.54, 1.807) is 18.5 Å². The molecule has 0 bridgehead atoms. The third-order valence-corrected chi connectivity index (χ3v) is 3.34. The lowest BCUT2D eigenvalue weighted by Crippen LogP contribution is -2.21. The Kier molecular flexibility index (Phi) is 4.77. The molecule has 0 aliphatic rings. The van der Waals surface area contributed by atoms with E-state index in [4.69, 9.17) is 11.6 Å². The van der Waals surface area contributed by atoms with Crippen LogP contribution >= 0.6 is 11.6 Å². The molecule has 100 valence electrons. The van der Waals surface area contributed by atoms with Gasteiger partial charge in [-0.25, -0.2) is 0 Å². The van der Waals surface area contributed by atoms with Crippen LogP contribution in [0, 0.1) is 0 Å². The molecule has 0 saturated heterocycles. The molecule has 0 saturated carbocycles. The standard InChI is InChI=1S/C15H17ClN2O/c1-18(9-6-12-4-7-17-8-5-12)15-3-2-14(16)10-13(15)11-19/h2-5,7-8,10,19H,6,9,11H2,1H3. The highest BCUT2D eigenvalue weighted by molar-refractivity contribution is 6.30. The summed E-state index contributed by atoms with van der Waals surface area (Å²) in [7, 11) is 2.02. The summed E-state index contributed by atoms with van der Waals surface area (Å²) < 4.78 is 0. The minimum atomic E-state index is -0.00447. The van der Waals surface area contributed by atoms with E-state index in [1.807, 2.05) is 31.3 Å². The number of halogens is 1. The number of likely N-dealkylation sites (N-methyl/N-ethyl adjacent to an activating group) is 1. The molecule has 0 unspecified atom stereocenters. The second-order valence-electron chi connectivity index (χ2n) is 4.46. The average molecular weight is 277 g/mol. The molecule has 1 aromatic heterocycles. The zero-order valence-electron chi connectivity index (χ0n) is 10.9. The van der Waals surface area contributed by atoms with Crippen molar-refractivity contribution >= 4 is 17.3 Å². The number of aliphatic hydroxyl groups is 1. The number of hydrogen-bond acceptors (Lipinski definition) is 3. The van der Waals surface area contributed by atoms with E-state index in [2.05, 4.69) is 9.88 Å². The van der Waals surface area contributed by atoms with Crippen molar-refractivity contribution in [1.82, 2.24) is 4.98 Å². The molecule has 19 heavy (non-hydrogen) atoms. The summed E-state index contributed by atoms with van der Waals surface area (Å²) in [6.45, 7) is 0.869. The number of pyridine rings is 1. The molecule has 4 heteroatoms. The maximum atomic E-state index is 9.38. The lowest BCUT2D eigenvalue weighted by molar-refractivity contribution is 0.282. The highest BCUT2D eigenvalue weighted by Gasteiger charge is 2.07. The van der Waals surface area contributed by atoms with Crippen LogP contribution in [0.15, 0.2) is 42.7 Å². The molecule has 0 fully saturated rings. The van der Waals surface area contributed by atoms with Crippen LogP contribution in [0.25, 0.3) is 0 Å². The van der Waals surface area contributed by atoms with Crippen LogP contribution in [-0.4, -0.2) is 23.7 Å². The van der Waals surface area contributed by atoms with Crippen LogP contribution in [0.1, 0.15) is 11.1 Å². The summed E-state index contributed by atoms with van der Waals surface area (Å²) in [5.74, 6) is 0. The monoisotopic (exact) mass is 276 g/mol. The van der Waals surface area contributed by atoms with Gasteiger partial charge in [-0.1, -0.05) is 11.6 Å². The van der Waals surface area contributed by atoms with E-state index in [1.165, 1.54) is 5.56 Å². The highest BCUT2D eigenvalue weighted by atomic mass is 35.5. The summed E-state index contributed by atoms with van der Waals surface area (Å²) in [6.07, 6.45) is 4.54. The number of benzene rings is 1. The third-order valence-electron chi connectivity index (χ3n) is 3.11. The van der Waals surface area contributed by atoms with Crippen molar-refractivity contribution in [2.24, 2.45) is 0 Å². The molecular formula is C15H17ClN2O. The molecule has 1 N–H and O–H groups in total. The van der Waals surface area contributed by atoms with Crippen LogP contribution in [0.2, 0.25) is 5.02 Å². The Morgan fingerprint density at radius 1 is 1.21 bits per heavy atom. The van der Waals surface area contributed by atoms with Crippen LogP contribution < -0.4 is 4.90 Å². The van der Waals surface area contributed by atoms with E-state index >= 15 is 0 Å². The van der Waals surface area contributed by atoms with Gasteiger partial charge in [0.1, 0.15) is 0 Å². The molecular weight excluding hydrogens is 260 g/mol. The molecule has 2 rings (SSSR count). The first-order chi connectivity index (χ1) is 9.20. The van der Waals surface area contributed by atoms with Crippen molar-refractivity contribution in [3.05, 3.63) is 58.9 Å². The van der Waals surface area contributed by atoms with Gasteiger partial charge in [-0.3, -0.25) is 4.98 Å². The number of anilines is 1. The zero-order chi connectivity index (χ0) is 13.7.